The summed E-state index contributed by atoms with van der Waals surface area (Å²) in [5.41, 5.74) is -1.44. The number of para-hydroxylation sites is 1. The van der Waals surface area contributed by atoms with Gasteiger partial charge in [0, 0.05) is 18.0 Å². The number of aromatic nitrogens is 1. The molecule has 4 nitrogen and oxygen atoms in total. The van der Waals surface area contributed by atoms with Crippen molar-refractivity contribution in [2.24, 2.45) is 0 Å². The van der Waals surface area contributed by atoms with Crippen molar-refractivity contribution in [1.29, 1.82) is 0 Å². The smallest absolute Gasteiger partial charge is 0.391 e. The van der Waals surface area contributed by atoms with Crippen LogP contribution in [-0.2, 0) is 6.18 Å². The van der Waals surface area contributed by atoms with Gasteiger partial charge < -0.3 is 10.1 Å². The van der Waals surface area contributed by atoms with E-state index in [1.165, 1.54) is 22.9 Å². The third kappa shape index (κ3) is 2.88. The highest BCUT2D eigenvalue weighted by Gasteiger charge is 2.35. The summed E-state index contributed by atoms with van der Waals surface area (Å²) in [6.07, 6.45) is -2.84. The van der Waals surface area contributed by atoms with Gasteiger partial charge in [-0.05, 0) is 32.3 Å². The lowest BCUT2D eigenvalue weighted by molar-refractivity contribution is -0.136. The highest BCUT2D eigenvalue weighted by Crippen LogP contribution is 2.34. The van der Waals surface area contributed by atoms with Crippen molar-refractivity contribution in [1.82, 2.24) is 4.68 Å². The Labute approximate surface area is 137 Å². The summed E-state index contributed by atoms with van der Waals surface area (Å²) in [6, 6.07) is 6.37. The fourth-order valence-corrected chi connectivity index (χ4v) is 3.45. The molecular formula is C17H19F3N2O2. The second-order valence-electron chi connectivity index (χ2n) is 6.19. The minimum absolute atomic E-state index is 0.0143. The van der Waals surface area contributed by atoms with Crippen molar-refractivity contribution in [3.05, 3.63) is 46.2 Å². The Bertz CT molecular complexity index is 799. The average molecular weight is 340 g/mol. The first kappa shape index (κ1) is 16.8. The summed E-state index contributed by atoms with van der Waals surface area (Å²) in [7, 11) is 0. The number of aliphatic hydroxyl groups excluding tert-OH is 1. The van der Waals surface area contributed by atoms with Crippen LogP contribution in [0.3, 0.4) is 0 Å². The van der Waals surface area contributed by atoms with Gasteiger partial charge in [0.15, 0.2) is 0 Å². The van der Waals surface area contributed by atoms with Crippen molar-refractivity contribution in [3.8, 4) is 0 Å². The summed E-state index contributed by atoms with van der Waals surface area (Å²) in [6.45, 7) is 2.16. The van der Waals surface area contributed by atoms with Crippen molar-refractivity contribution in [2.45, 2.75) is 44.5 Å². The van der Waals surface area contributed by atoms with E-state index < -0.39 is 23.4 Å². The molecule has 1 aliphatic heterocycles. The monoisotopic (exact) mass is 340 g/mol. The Kier molecular flexibility index (Phi) is 4.29. The molecule has 0 unspecified atom stereocenters. The summed E-state index contributed by atoms with van der Waals surface area (Å²) in [4.78, 5) is 12.5. The maximum atomic E-state index is 13.3. The second-order valence-corrected chi connectivity index (χ2v) is 6.19. The van der Waals surface area contributed by atoms with Crippen LogP contribution in [0.25, 0.3) is 10.9 Å². The van der Waals surface area contributed by atoms with Gasteiger partial charge in [-0.1, -0.05) is 18.2 Å². The van der Waals surface area contributed by atoms with Gasteiger partial charge in [-0.3, -0.25) is 4.79 Å². The summed E-state index contributed by atoms with van der Waals surface area (Å²) in [5.74, 6) is 0. The Balaban J connectivity index is 2.26. The van der Waals surface area contributed by atoms with Gasteiger partial charge in [-0.15, -0.1) is 0 Å². The molecule has 0 aliphatic carbocycles. The number of nitrogens with zero attached hydrogens (tertiary/aromatic N) is 2. The molecule has 0 radical (unpaired) electrons. The molecule has 130 valence electrons. The molecule has 1 N–H and O–H groups in total. The minimum atomic E-state index is -4.59. The number of aliphatic hydroxyl groups is 1. The van der Waals surface area contributed by atoms with Crippen LogP contribution in [0.4, 0.5) is 13.2 Å². The molecule has 2 aromatic rings. The Morgan fingerprint density at radius 3 is 2.62 bits per heavy atom. The molecule has 0 amide bonds. The average Bonchev–Trinajstić information content (AvgIpc) is 2.53. The predicted octanol–water partition coefficient (Wildman–Crippen LogP) is 2.89. The zero-order valence-corrected chi connectivity index (χ0v) is 13.3. The topological polar surface area (TPSA) is 45.5 Å². The Morgan fingerprint density at radius 2 is 1.96 bits per heavy atom. The van der Waals surface area contributed by atoms with Crippen LogP contribution >= 0.6 is 0 Å². The van der Waals surface area contributed by atoms with Crippen molar-refractivity contribution >= 4 is 10.9 Å². The first-order chi connectivity index (χ1) is 11.3. The number of hydrogen-bond donors (Lipinski definition) is 1. The third-order valence-corrected chi connectivity index (χ3v) is 4.54. The molecule has 1 aromatic heterocycles. The molecule has 24 heavy (non-hydrogen) atoms. The molecule has 7 heteroatoms. The van der Waals surface area contributed by atoms with Gasteiger partial charge in [-0.25, -0.2) is 4.68 Å². The third-order valence-electron chi connectivity index (χ3n) is 4.54. The number of halogens is 3. The summed E-state index contributed by atoms with van der Waals surface area (Å²) in [5, 5.41) is 11.7. The van der Waals surface area contributed by atoms with Crippen LogP contribution in [0.5, 0.6) is 0 Å². The van der Waals surface area contributed by atoms with Gasteiger partial charge in [0.25, 0.3) is 5.56 Å². The van der Waals surface area contributed by atoms with Crippen LogP contribution in [-0.4, -0.2) is 28.5 Å². The van der Waals surface area contributed by atoms with Gasteiger partial charge in [-0.2, -0.15) is 13.2 Å². The molecule has 1 aliphatic rings. The normalized spacial score (nSPS) is 20.4. The molecule has 0 spiro atoms. The summed E-state index contributed by atoms with van der Waals surface area (Å²) < 4.78 is 41.1. The molecule has 1 fully saturated rings. The fraction of sp³-hybridized carbons (Fsp3) is 0.471. The van der Waals surface area contributed by atoms with Gasteiger partial charge >= 0.3 is 6.18 Å². The quantitative estimate of drug-likeness (QED) is 0.914. The lowest BCUT2D eigenvalue weighted by Crippen LogP contribution is -2.55. The molecule has 1 saturated heterocycles. The second kappa shape index (κ2) is 6.12. The van der Waals surface area contributed by atoms with E-state index >= 15 is 0 Å². The highest BCUT2D eigenvalue weighted by atomic mass is 19.4. The maximum absolute atomic E-state index is 13.3. The molecule has 2 atom stereocenters. The molecule has 0 bridgehead atoms. The molecular weight excluding hydrogens is 321 g/mol. The van der Waals surface area contributed by atoms with Crippen LogP contribution < -0.4 is 10.6 Å². The van der Waals surface area contributed by atoms with E-state index in [9.17, 15) is 23.1 Å². The van der Waals surface area contributed by atoms with E-state index in [1.807, 2.05) is 0 Å². The van der Waals surface area contributed by atoms with Gasteiger partial charge in [0.05, 0.1) is 23.2 Å². The Morgan fingerprint density at radius 1 is 1.25 bits per heavy atom. The largest absolute Gasteiger partial charge is 0.417 e. The lowest BCUT2D eigenvalue weighted by atomic mass is 10.00. The van der Waals surface area contributed by atoms with Gasteiger partial charge in [0.1, 0.15) is 0 Å². The first-order valence-electron chi connectivity index (χ1n) is 7.97. The van der Waals surface area contributed by atoms with E-state index in [4.69, 9.17) is 0 Å². The van der Waals surface area contributed by atoms with E-state index in [0.717, 1.165) is 12.8 Å². The fourth-order valence-electron chi connectivity index (χ4n) is 3.45. The standard InChI is InChI=1S/C17H19F3N2O2/c1-11(23)14-7-4-5-9-21(14)22-15-8-3-2-6-12(15)13(10-16(22)24)17(18,19)20/h2-3,6,8,10-11,14,23H,4-5,7,9H2,1H3/t11-,14+/m0/s1. The van der Waals surface area contributed by atoms with E-state index in [0.29, 0.717) is 19.0 Å². The zero-order valence-electron chi connectivity index (χ0n) is 13.3. The first-order valence-corrected chi connectivity index (χ1v) is 7.97. The Hall–Kier alpha value is -2.02. The highest BCUT2D eigenvalue weighted by molar-refractivity contribution is 5.83. The summed E-state index contributed by atoms with van der Waals surface area (Å²) >= 11 is 0. The van der Waals surface area contributed by atoms with Crippen molar-refractivity contribution < 1.29 is 18.3 Å². The SMILES string of the molecule is C[C@H](O)[C@H]1CCCCN1n1c(=O)cc(C(F)(F)F)c2ccccc21. The number of piperidine rings is 1. The minimum Gasteiger partial charge on any atom is -0.391 e. The van der Waals surface area contributed by atoms with Crippen LogP contribution in [0.1, 0.15) is 31.7 Å². The maximum Gasteiger partial charge on any atom is 0.417 e. The van der Waals surface area contributed by atoms with Crippen molar-refractivity contribution in [3.63, 3.8) is 0 Å². The number of hydrogen-bond acceptors (Lipinski definition) is 3. The number of pyridine rings is 1. The predicted molar refractivity (Wildman–Crippen MR) is 85.6 cm³/mol. The molecule has 3 rings (SSSR count). The van der Waals surface area contributed by atoms with Crippen LogP contribution in [0, 0.1) is 0 Å². The van der Waals surface area contributed by atoms with E-state index in [-0.39, 0.29) is 16.9 Å². The zero-order chi connectivity index (χ0) is 17.5. The molecule has 1 aromatic carbocycles. The van der Waals surface area contributed by atoms with Gasteiger partial charge in [0.2, 0.25) is 0 Å². The van der Waals surface area contributed by atoms with Crippen LogP contribution in [0.2, 0.25) is 0 Å². The van der Waals surface area contributed by atoms with Crippen LogP contribution in [0.15, 0.2) is 35.1 Å². The lowest BCUT2D eigenvalue weighted by Gasteiger charge is -2.40. The number of fused-ring (bicyclic) bond motifs is 1. The molecule has 0 saturated carbocycles. The van der Waals surface area contributed by atoms with Crippen molar-refractivity contribution in [2.75, 3.05) is 11.6 Å². The number of alkyl halides is 3. The number of benzene rings is 1. The molecule has 2 heterocycles. The van der Waals surface area contributed by atoms with E-state index in [2.05, 4.69) is 0 Å². The number of rotatable bonds is 2. The van der Waals surface area contributed by atoms with E-state index in [1.54, 1.807) is 18.0 Å².